The topological polar surface area (TPSA) is 124 Å². The van der Waals surface area contributed by atoms with Crippen LogP contribution in [0.4, 0.5) is 34.9 Å². The summed E-state index contributed by atoms with van der Waals surface area (Å²) in [6.45, 7) is 1.06. The van der Waals surface area contributed by atoms with Crippen molar-refractivity contribution in [2.45, 2.75) is 51.2 Å². The highest BCUT2D eigenvalue weighted by atomic mass is 19.3. The largest absolute Gasteiger partial charge is 0.365 e. The number of carbonyl (C=O) groups excluding carboxylic acids is 1. The van der Waals surface area contributed by atoms with Crippen molar-refractivity contribution in [1.29, 1.82) is 0 Å². The lowest BCUT2D eigenvalue weighted by Gasteiger charge is -2.24. The molecule has 2 heterocycles. The molecule has 1 aromatic carbocycles. The summed E-state index contributed by atoms with van der Waals surface area (Å²) in [6, 6.07) is 4.68. The van der Waals surface area contributed by atoms with Gasteiger partial charge in [-0.2, -0.15) is 4.39 Å². The van der Waals surface area contributed by atoms with Crippen molar-refractivity contribution < 1.29 is 22.4 Å². The molecule has 1 amide bonds. The zero-order chi connectivity index (χ0) is 24.6. The third-order valence-electron chi connectivity index (χ3n) is 5.76. The average molecular weight is 479 g/mol. The van der Waals surface area contributed by atoms with E-state index in [0.29, 0.717) is 5.92 Å². The summed E-state index contributed by atoms with van der Waals surface area (Å²) in [5, 5.41) is 9.37. The monoisotopic (exact) mass is 479 g/mol. The Balaban J connectivity index is 1.66. The standard InChI is InChI=1S/C22H25F4N7O/c1-10(27)16(6-11-2-3-11)30-22-15(23)8-14(20(28)34)21(31-22)29-12-4-5-17-13(7-12)19(26)32-33(17)9-18(24)25/h4-5,7-8,10-11,16,18H,2-3,6,9,27H2,1H3,(H2,28,34)(H2,29,30,31)/t10-,16+/m0/s1. The highest BCUT2D eigenvalue weighted by molar-refractivity contribution is 5.99. The minimum Gasteiger partial charge on any atom is -0.365 e. The van der Waals surface area contributed by atoms with Crippen molar-refractivity contribution in [1.82, 2.24) is 14.8 Å². The summed E-state index contributed by atoms with van der Waals surface area (Å²) in [5.74, 6) is -2.24. The molecule has 34 heavy (non-hydrogen) atoms. The van der Waals surface area contributed by atoms with Crippen LogP contribution in [0.15, 0.2) is 24.3 Å². The normalized spacial score (nSPS) is 15.5. The number of rotatable bonds is 10. The van der Waals surface area contributed by atoms with Gasteiger partial charge in [-0.1, -0.05) is 12.8 Å². The van der Waals surface area contributed by atoms with Crippen LogP contribution in [-0.4, -0.2) is 39.2 Å². The third kappa shape index (κ3) is 5.22. The predicted octanol–water partition coefficient (Wildman–Crippen LogP) is 3.74. The van der Waals surface area contributed by atoms with Crippen LogP contribution in [0.5, 0.6) is 0 Å². The molecule has 182 valence electrons. The van der Waals surface area contributed by atoms with Crippen LogP contribution in [-0.2, 0) is 6.54 Å². The van der Waals surface area contributed by atoms with Gasteiger partial charge in [-0.25, -0.2) is 18.2 Å². The van der Waals surface area contributed by atoms with Crippen LogP contribution >= 0.6 is 0 Å². The Morgan fingerprint density at radius 3 is 2.59 bits per heavy atom. The van der Waals surface area contributed by atoms with Gasteiger partial charge < -0.3 is 22.1 Å². The number of hydrogen-bond donors (Lipinski definition) is 4. The quantitative estimate of drug-likeness (QED) is 0.329. The number of nitrogens with zero attached hydrogens (tertiary/aromatic N) is 3. The first-order valence-electron chi connectivity index (χ1n) is 10.9. The molecular formula is C22H25F4N7O. The molecule has 0 bridgehead atoms. The fourth-order valence-electron chi connectivity index (χ4n) is 3.79. The number of pyridine rings is 1. The Kier molecular flexibility index (Phi) is 6.60. The van der Waals surface area contributed by atoms with Crippen molar-refractivity contribution in [3.8, 4) is 0 Å². The van der Waals surface area contributed by atoms with Crippen LogP contribution in [0.1, 0.15) is 36.5 Å². The SMILES string of the molecule is C[C@H](N)[C@@H](CC1CC1)Nc1nc(Nc2ccc3c(c2)c(F)nn3CC(F)F)c(C(N)=O)cc1F. The lowest BCUT2D eigenvalue weighted by atomic mass is 10.0. The van der Waals surface area contributed by atoms with E-state index in [1.54, 1.807) is 0 Å². The van der Waals surface area contributed by atoms with Crippen LogP contribution in [0, 0.1) is 17.7 Å². The molecule has 1 aliphatic rings. The summed E-state index contributed by atoms with van der Waals surface area (Å²) in [7, 11) is 0. The highest BCUT2D eigenvalue weighted by Gasteiger charge is 2.28. The smallest absolute Gasteiger partial charge is 0.257 e. The van der Waals surface area contributed by atoms with Gasteiger partial charge in [-0.3, -0.25) is 9.48 Å². The van der Waals surface area contributed by atoms with E-state index >= 15 is 0 Å². The Morgan fingerprint density at radius 1 is 1.24 bits per heavy atom. The number of primary amides is 1. The number of benzene rings is 1. The predicted molar refractivity (Wildman–Crippen MR) is 120 cm³/mol. The first-order valence-corrected chi connectivity index (χ1v) is 10.9. The minimum absolute atomic E-state index is 0.00631. The molecule has 1 saturated carbocycles. The Hall–Kier alpha value is -3.41. The number of anilines is 3. The van der Waals surface area contributed by atoms with E-state index in [0.717, 1.165) is 30.0 Å². The minimum atomic E-state index is -2.70. The number of carbonyl (C=O) groups is 1. The maximum Gasteiger partial charge on any atom is 0.257 e. The van der Waals surface area contributed by atoms with E-state index in [4.69, 9.17) is 11.5 Å². The highest BCUT2D eigenvalue weighted by Crippen LogP contribution is 2.35. The van der Waals surface area contributed by atoms with E-state index in [-0.39, 0.29) is 45.9 Å². The fourth-order valence-corrected chi connectivity index (χ4v) is 3.79. The van der Waals surface area contributed by atoms with E-state index in [9.17, 15) is 22.4 Å². The third-order valence-corrected chi connectivity index (χ3v) is 5.76. The average Bonchev–Trinajstić information content (AvgIpc) is 3.53. The van der Waals surface area contributed by atoms with Gasteiger partial charge in [0, 0.05) is 17.8 Å². The van der Waals surface area contributed by atoms with Crippen LogP contribution in [0.3, 0.4) is 0 Å². The number of aromatic nitrogens is 3. The van der Waals surface area contributed by atoms with Crippen molar-refractivity contribution in [3.63, 3.8) is 0 Å². The molecule has 2 atom stereocenters. The van der Waals surface area contributed by atoms with E-state index in [2.05, 4.69) is 20.7 Å². The zero-order valence-electron chi connectivity index (χ0n) is 18.4. The van der Waals surface area contributed by atoms with Crippen LogP contribution < -0.4 is 22.1 Å². The molecular weight excluding hydrogens is 454 g/mol. The van der Waals surface area contributed by atoms with Crippen molar-refractivity contribution in [2.24, 2.45) is 17.4 Å². The Labute approximate surface area is 192 Å². The number of nitrogens with two attached hydrogens (primary N) is 2. The molecule has 2 aromatic heterocycles. The number of alkyl halides is 2. The van der Waals surface area contributed by atoms with Crippen LogP contribution in [0.2, 0.25) is 0 Å². The summed E-state index contributed by atoms with van der Waals surface area (Å²) in [4.78, 5) is 16.1. The number of nitrogens with one attached hydrogen (secondary N) is 2. The summed E-state index contributed by atoms with van der Waals surface area (Å²) in [6.07, 6.45) is 0.257. The first kappa shape index (κ1) is 23.7. The molecule has 0 aliphatic heterocycles. The number of fused-ring (bicyclic) bond motifs is 1. The molecule has 0 radical (unpaired) electrons. The molecule has 4 rings (SSSR count). The summed E-state index contributed by atoms with van der Waals surface area (Å²) in [5.41, 5.74) is 11.7. The van der Waals surface area contributed by atoms with Gasteiger partial charge in [0.05, 0.1) is 16.5 Å². The first-order chi connectivity index (χ1) is 16.1. The number of hydrogen-bond acceptors (Lipinski definition) is 6. The van der Waals surface area contributed by atoms with E-state index in [1.807, 2.05) is 6.92 Å². The van der Waals surface area contributed by atoms with Gasteiger partial charge in [0.25, 0.3) is 12.3 Å². The van der Waals surface area contributed by atoms with Gasteiger partial charge in [0.2, 0.25) is 5.95 Å². The number of halogens is 4. The van der Waals surface area contributed by atoms with Gasteiger partial charge in [0.1, 0.15) is 12.4 Å². The van der Waals surface area contributed by atoms with Gasteiger partial charge >= 0.3 is 0 Å². The fraction of sp³-hybridized carbons (Fsp3) is 0.409. The summed E-state index contributed by atoms with van der Waals surface area (Å²) >= 11 is 0. The second-order valence-electron chi connectivity index (χ2n) is 8.59. The molecule has 12 heteroatoms. The summed E-state index contributed by atoms with van der Waals surface area (Å²) < 4.78 is 55.4. The van der Waals surface area contributed by atoms with Crippen molar-refractivity contribution in [2.75, 3.05) is 10.6 Å². The van der Waals surface area contributed by atoms with Crippen molar-refractivity contribution >= 4 is 34.1 Å². The second kappa shape index (κ2) is 9.45. The van der Waals surface area contributed by atoms with Crippen molar-refractivity contribution in [3.05, 3.63) is 41.6 Å². The number of amides is 1. The van der Waals surface area contributed by atoms with Gasteiger partial charge in [-0.15, -0.1) is 5.10 Å². The molecule has 8 nitrogen and oxygen atoms in total. The maximum absolute atomic E-state index is 14.8. The maximum atomic E-state index is 14.8. The van der Waals surface area contributed by atoms with Gasteiger partial charge in [0.15, 0.2) is 11.6 Å². The Bertz CT molecular complexity index is 1210. The zero-order valence-corrected chi connectivity index (χ0v) is 18.4. The Morgan fingerprint density at radius 2 is 1.97 bits per heavy atom. The molecule has 0 spiro atoms. The molecule has 6 N–H and O–H groups in total. The molecule has 0 unspecified atom stereocenters. The van der Waals surface area contributed by atoms with Gasteiger partial charge in [-0.05, 0) is 43.5 Å². The molecule has 1 fully saturated rings. The molecule has 0 saturated heterocycles. The van der Waals surface area contributed by atoms with E-state index < -0.39 is 30.6 Å². The molecule has 1 aliphatic carbocycles. The van der Waals surface area contributed by atoms with E-state index in [1.165, 1.54) is 18.2 Å². The second-order valence-corrected chi connectivity index (χ2v) is 8.59. The lowest BCUT2D eigenvalue weighted by Crippen LogP contribution is -2.39. The lowest BCUT2D eigenvalue weighted by molar-refractivity contribution is 0.1000. The molecule has 3 aromatic rings. The van der Waals surface area contributed by atoms with Crippen LogP contribution in [0.25, 0.3) is 10.9 Å².